The maximum absolute atomic E-state index is 12.9. The number of fused-ring (bicyclic) bond motifs is 2. The van der Waals surface area contributed by atoms with Crippen LogP contribution in [0.3, 0.4) is 0 Å². The lowest BCUT2D eigenvalue weighted by atomic mass is 10.1. The molecule has 0 saturated carbocycles. The Morgan fingerprint density at radius 1 is 0.708 bits per heavy atom. The number of carbonyl (C=O) groups excluding carboxylic acids is 3. The van der Waals surface area contributed by atoms with Gasteiger partial charge in [0.15, 0.2) is 7.26 Å². The molecule has 5 aromatic carbocycles. The summed E-state index contributed by atoms with van der Waals surface area (Å²) in [6.45, 7) is 1.99. The second kappa shape index (κ2) is 15.6. The van der Waals surface area contributed by atoms with Crippen molar-refractivity contribution in [1.82, 2.24) is 0 Å². The summed E-state index contributed by atoms with van der Waals surface area (Å²) in [4.78, 5) is 35.8. The first-order chi connectivity index (χ1) is 22.9. The van der Waals surface area contributed by atoms with Gasteiger partial charge in [-0.25, -0.2) is 14.4 Å². The van der Waals surface area contributed by atoms with Crippen LogP contribution in [0.25, 0.3) is 5.76 Å². The molecule has 0 fully saturated rings. The average Bonchev–Trinajstić information content (AvgIpc) is 3.60. The summed E-state index contributed by atoms with van der Waals surface area (Å²) in [5, 5.41) is 3.55. The largest absolute Gasteiger partial charge is 1.00 e. The minimum absolute atomic E-state index is 0. The van der Waals surface area contributed by atoms with Gasteiger partial charge in [0, 0.05) is 14.5 Å². The maximum Gasteiger partial charge on any atom is 0.344 e. The fourth-order valence-electron chi connectivity index (χ4n) is 5.85. The molecular weight excluding hydrogens is 823 g/mol. The van der Waals surface area contributed by atoms with Gasteiger partial charge < -0.3 is 31.2 Å². The van der Waals surface area contributed by atoms with Crippen molar-refractivity contribution < 1.29 is 45.6 Å². The van der Waals surface area contributed by atoms with Crippen molar-refractivity contribution in [1.29, 1.82) is 0 Å². The third-order valence-corrected chi connectivity index (χ3v) is 13.6. The minimum Gasteiger partial charge on any atom is -1.00 e. The molecule has 2 aliphatic heterocycles. The van der Waals surface area contributed by atoms with Gasteiger partial charge in [-0.2, -0.15) is 0 Å². The first-order valence-electron chi connectivity index (χ1n) is 14.8. The molecule has 1 atom stereocenters. The fourth-order valence-corrected chi connectivity index (χ4v) is 11.7. The third kappa shape index (κ3) is 6.70. The summed E-state index contributed by atoms with van der Waals surface area (Å²) in [5.74, 6) is -1.43. The van der Waals surface area contributed by atoms with Crippen molar-refractivity contribution in [2.24, 2.45) is 0 Å². The highest BCUT2D eigenvalue weighted by atomic mass is 79.9. The third-order valence-electron chi connectivity index (χ3n) is 7.80. The molecule has 0 amide bonds. The molecule has 2 aliphatic rings. The van der Waals surface area contributed by atoms with Crippen LogP contribution < -0.4 is 32.9 Å². The molecule has 48 heavy (non-hydrogen) atoms. The molecule has 0 bridgehead atoms. The van der Waals surface area contributed by atoms with Crippen LogP contribution in [-0.2, 0) is 19.0 Å². The van der Waals surface area contributed by atoms with Crippen LogP contribution >= 0.6 is 39.1 Å². The Morgan fingerprint density at radius 3 is 1.73 bits per heavy atom. The summed E-state index contributed by atoms with van der Waals surface area (Å²) in [6.07, 6.45) is 1.18. The summed E-state index contributed by atoms with van der Waals surface area (Å²) < 4.78 is 17.6. The van der Waals surface area contributed by atoms with Crippen LogP contribution in [0.1, 0.15) is 44.6 Å². The van der Waals surface area contributed by atoms with E-state index in [9.17, 15) is 14.4 Å². The predicted octanol–water partition coefficient (Wildman–Crippen LogP) is 5.14. The van der Waals surface area contributed by atoms with E-state index in [-0.39, 0.29) is 35.3 Å². The topological polar surface area (TPSA) is 78.9 Å². The summed E-state index contributed by atoms with van der Waals surface area (Å²) in [5.41, 5.74) is 2.61. The average molecular weight is 851 g/mol. The molecule has 0 aliphatic carbocycles. The Morgan fingerprint density at radius 2 is 1.21 bits per heavy atom. The first-order valence-corrected chi connectivity index (χ1v) is 18.2. The summed E-state index contributed by atoms with van der Waals surface area (Å²) >= 11 is 7.03. The SMILES string of the molecule is CCOC(=O)C=C1OC(=O)c2cccc(Br)c21.O=C1OC([P+](c2ccccc2)(c2ccccc2)c2ccccc2)c2c(Br)cccc21.[Br-]. The number of carbonyl (C=O) groups is 3. The number of halogens is 3. The van der Waals surface area contributed by atoms with Crippen molar-refractivity contribution in [3.63, 3.8) is 0 Å². The molecule has 242 valence electrons. The fraction of sp³-hybridized carbons (Fsp3) is 0.0789. The normalized spacial score (nSPS) is 15.2. The summed E-state index contributed by atoms with van der Waals surface area (Å²) in [6, 6.07) is 42.3. The number of ether oxygens (including phenoxy) is 3. The molecule has 0 spiro atoms. The van der Waals surface area contributed by atoms with Crippen LogP contribution in [-0.4, -0.2) is 24.5 Å². The van der Waals surface area contributed by atoms with Gasteiger partial charge in [-0.15, -0.1) is 0 Å². The molecular formula is C38H28Br3O6P. The van der Waals surface area contributed by atoms with Gasteiger partial charge in [-0.1, -0.05) is 98.6 Å². The van der Waals surface area contributed by atoms with Crippen LogP contribution in [0.4, 0.5) is 0 Å². The Hall–Kier alpha value is -3.88. The van der Waals surface area contributed by atoms with E-state index in [1.54, 1.807) is 25.1 Å². The van der Waals surface area contributed by atoms with Gasteiger partial charge in [0.05, 0.1) is 29.4 Å². The number of cyclic esters (lactones) is 2. The lowest BCUT2D eigenvalue weighted by Crippen LogP contribution is -3.00. The summed E-state index contributed by atoms with van der Waals surface area (Å²) in [7, 11) is -2.37. The molecule has 0 aromatic heterocycles. The van der Waals surface area contributed by atoms with Gasteiger partial charge in [-0.05, 0) is 67.6 Å². The first kappa shape index (κ1) is 35.4. The minimum atomic E-state index is -2.37. The lowest BCUT2D eigenvalue weighted by molar-refractivity contribution is -0.137. The predicted molar refractivity (Wildman–Crippen MR) is 192 cm³/mol. The van der Waals surface area contributed by atoms with Crippen LogP contribution in [0.5, 0.6) is 0 Å². The van der Waals surface area contributed by atoms with Crippen molar-refractivity contribution in [2.75, 3.05) is 6.61 Å². The number of hydrogen-bond acceptors (Lipinski definition) is 6. The van der Waals surface area contributed by atoms with E-state index in [1.807, 2.05) is 36.4 Å². The van der Waals surface area contributed by atoms with Gasteiger partial charge >= 0.3 is 17.9 Å². The van der Waals surface area contributed by atoms with Crippen molar-refractivity contribution in [3.05, 3.63) is 165 Å². The van der Waals surface area contributed by atoms with E-state index in [0.717, 1.165) is 10.0 Å². The quantitative estimate of drug-likeness (QED) is 0.102. The number of rotatable bonds is 6. The van der Waals surface area contributed by atoms with Crippen molar-refractivity contribution >= 4 is 78.7 Å². The van der Waals surface area contributed by atoms with Gasteiger partial charge in [-0.3, -0.25) is 0 Å². The molecule has 0 saturated heterocycles. The number of esters is 3. The van der Waals surface area contributed by atoms with Crippen molar-refractivity contribution in [3.8, 4) is 0 Å². The zero-order chi connectivity index (χ0) is 33.0. The monoisotopic (exact) mass is 848 g/mol. The molecule has 2 heterocycles. The Balaban J connectivity index is 0.000000214. The van der Waals surface area contributed by atoms with Gasteiger partial charge in [0.2, 0.25) is 0 Å². The highest BCUT2D eigenvalue weighted by Crippen LogP contribution is 2.69. The van der Waals surface area contributed by atoms with E-state index in [4.69, 9.17) is 14.2 Å². The van der Waals surface area contributed by atoms with E-state index in [1.165, 1.54) is 22.0 Å². The zero-order valence-corrected chi connectivity index (χ0v) is 31.2. The Labute approximate surface area is 306 Å². The molecule has 1 unspecified atom stereocenters. The smallest absolute Gasteiger partial charge is 0.344 e. The van der Waals surface area contributed by atoms with Crippen LogP contribution in [0.2, 0.25) is 0 Å². The Kier molecular flexibility index (Phi) is 11.5. The highest BCUT2D eigenvalue weighted by Gasteiger charge is 2.59. The van der Waals surface area contributed by atoms with E-state index in [0.29, 0.717) is 21.2 Å². The number of hydrogen-bond donors (Lipinski definition) is 0. The molecule has 0 N–H and O–H groups in total. The van der Waals surface area contributed by atoms with Crippen LogP contribution in [0, 0.1) is 0 Å². The molecule has 0 radical (unpaired) electrons. The second-order valence-electron chi connectivity index (χ2n) is 10.5. The van der Waals surface area contributed by atoms with E-state index < -0.39 is 25.0 Å². The highest BCUT2D eigenvalue weighted by molar-refractivity contribution is 9.10. The maximum atomic E-state index is 12.9. The lowest BCUT2D eigenvalue weighted by Gasteiger charge is -2.32. The molecule has 5 aromatic rings. The molecule has 7 rings (SSSR count). The van der Waals surface area contributed by atoms with E-state index >= 15 is 0 Å². The van der Waals surface area contributed by atoms with Crippen molar-refractivity contribution in [2.45, 2.75) is 12.8 Å². The van der Waals surface area contributed by atoms with Crippen LogP contribution in [0.15, 0.2) is 142 Å². The second-order valence-corrected chi connectivity index (χ2v) is 15.7. The molecule has 10 heteroatoms. The zero-order valence-electron chi connectivity index (χ0n) is 25.5. The Bertz CT molecular complexity index is 1890. The van der Waals surface area contributed by atoms with E-state index in [2.05, 4.69) is 105 Å². The van der Waals surface area contributed by atoms with Gasteiger partial charge in [0.1, 0.15) is 21.7 Å². The number of benzene rings is 5. The van der Waals surface area contributed by atoms with Gasteiger partial charge in [0.25, 0.3) is 5.85 Å². The standard InChI is InChI=1S/C26H19BrO2P.C12H9BrO4.BrH/c27-23-18-10-17-22-24(23)26(29-25(22)28)30(19-11-4-1-5-12-19,20-13-6-2-7-14-20)21-15-8-3-9-16-21;1-2-16-10(14)6-9-11-7(12(15)17-9)4-3-5-8(11)13;/h1-18,26H;3-6H,2H2,1H3;1H/q+1;;/p-1. The molecule has 6 nitrogen and oxygen atoms in total.